The molecular weight excluding hydrogens is 302 g/mol. The van der Waals surface area contributed by atoms with Gasteiger partial charge in [0, 0.05) is 17.6 Å². The van der Waals surface area contributed by atoms with Gasteiger partial charge in [-0.2, -0.15) is 0 Å². The van der Waals surface area contributed by atoms with Crippen LogP contribution in [0.25, 0.3) is 0 Å². The van der Waals surface area contributed by atoms with Gasteiger partial charge in [-0.3, -0.25) is 0 Å². The van der Waals surface area contributed by atoms with Crippen LogP contribution in [0, 0.1) is 5.41 Å². The largest absolute Gasteiger partial charge is 0.389 e. The van der Waals surface area contributed by atoms with E-state index in [4.69, 9.17) is 0 Å². The molecule has 1 fully saturated rings. The van der Waals surface area contributed by atoms with E-state index in [1.165, 1.54) is 24.9 Å². The van der Waals surface area contributed by atoms with Gasteiger partial charge in [-0.1, -0.05) is 19.9 Å². The molecule has 106 valence electrons. The highest BCUT2D eigenvalue weighted by atomic mass is 79.9. The lowest BCUT2D eigenvalue weighted by atomic mass is 9.82. The number of hydrogen-bond acceptors (Lipinski definition) is 2. The monoisotopic (exact) mass is 325 g/mol. The summed E-state index contributed by atoms with van der Waals surface area (Å²) in [4.78, 5) is 2.48. The fourth-order valence-electron chi connectivity index (χ4n) is 3.01. The van der Waals surface area contributed by atoms with Gasteiger partial charge in [-0.25, -0.2) is 0 Å². The lowest BCUT2D eigenvalue weighted by molar-refractivity contribution is 0.199. The summed E-state index contributed by atoms with van der Waals surface area (Å²) in [6.45, 7) is 8.69. The van der Waals surface area contributed by atoms with Gasteiger partial charge in [0.2, 0.25) is 0 Å². The second-order valence-corrected chi connectivity index (χ2v) is 6.62. The third-order valence-electron chi connectivity index (χ3n) is 4.73. The molecule has 2 nitrogen and oxygen atoms in total. The van der Waals surface area contributed by atoms with Crippen LogP contribution in [0.15, 0.2) is 22.7 Å². The highest BCUT2D eigenvalue weighted by molar-refractivity contribution is 9.10. The predicted octanol–water partition coefficient (Wildman–Crippen LogP) is 4.52. The molecule has 1 aromatic rings. The van der Waals surface area contributed by atoms with Crippen LogP contribution < -0.4 is 4.90 Å². The Morgan fingerprint density at radius 1 is 1.37 bits per heavy atom. The Bertz CT molecular complexity index is 440. The van der Waals surface area contributed by atoms with Crippen molar-refractivity contribution in [1.82, 2.24) is 0 Å². The van der Waals surface area contributed by atoms with E-state index < -0.39 is 6.10 Å². The Morgan fingerprint density at radius 3 is 2.53 bits per heavy atom. The van der Waals surface area contributed by atoms with Gasteiger partial charge in [0.15, 0.2) is 0 Å². The summed E-state index contributed by atoms with van der Waals surface area (Å²) in [7, 11) is 0. The number of rotatable bonds is 4. The van der Waals surface area contributed by atoms with Crippen molar-refractivity contribution in [2.75, 3.05) is 18.0 Å². The molecule has 19 heavy (non-hydrogen) atoms. The van der Waals surface area contributed by atoms with E-state index in [1.807, 2.05) is 12.1 Å². The van der Waals surface area contributed by atoms with Crippen molar-refractivity contribution in [2.45, 2.75) is 46.1 Å². The third kappa shape index (κ3) is 2.97. The molecule has 1 aromatic carbocycles. The fourth-order valence-corrected chi connectivity index (χ4v) is 3.65. The Labute approximate surface area is 124 Å². The standard InChI is InChI=1S/C16H24BrNO/c1-4-16(5-2)8-9-18(11-16)15-7-6-13(12(3)19)10-14(15)17/h6-7,10,12,19H,4-5,8-9,11H2,1-3H3/t12-/m1/s1. The van der Waals surface area contributed by atoms with Crippen molar-refractivity contribution in [3.63, 3.8) is 0 Å². The zero-order valence-corrected chi connectivity index (χ0v) is 13.7. The first kappa shape index (κ1) is 14.9. The van der Waals surface area contributed by atoms with E-state index in [0.29, 0.717) is 5.41 Å². The van der Waals surface area contributed by atoms with Crippen LogP contribution in [-0.4, -0.2) is 18.2 Å². The maximum absolute atomic E-state index is 9.63. The zero-order valence-electron chi connectivity index (χ0n) is 12.1. The maximum atomic E-state index is 9.63. The van der Waals surface area contributed by atoms with Gasteiger partial charge in [0.25, 0.3) is 0 Å². The van der Waals surface area contributed by atoms with Gasteiger partial charge in [-0.05, 0) is 65.2 Å². The molecule has 0 aromatic heterocycles. The molecule has 1 aliphatic rings. The molecule has 0 saturated carbocycles. The van der Waals surface area contributed by atoms with Crippen LogP contribution in [-0.2, 0) is 0 Å². The Hall–Kier alpha value is -0.540. The molecule has 0 spiro atoms. The minimum atomic E-state index is -0.408. The van der Waals surface area contributed by atoms with E-state index >= 15 is 0 Å². The third-order valence-corrected chi connectivity index (χ3v) is 5.37. The molecule has 1 heterocycles. The zero-order chi connectivity index (χ0) is 14.0. The van der Waals surface area contributed by atoms with Crippen molar-refractivity contribution in [2.24, 2.45) is 5.41 Å². The highest BCUT2D eigenvalue weighted by Gasteiger charge is 2.35. The Kier molecular flexibility index (Phi) is 4.57. The molecule has 0 aliphatic carbocycles. The summed E-state index contributed by atoms with van der Waals surface area (Å²) < 4.78 is 1.09. The van der Waals surface area contributed by atoms with Crippen molar-refractivity contribution >= 4 is 21.6 Å². The van der Waals surface area contributed by atoms with E-state index in [-0.39, 0.29) is 0 Å². The smallest absolute Gasteiger partial charge is 0.0762 e. The van der Waals surface area contributed by atoms with Crippen molar-refractivity contribution in [3.05, 3.63) is 28.2 Å². The fraction of sp³-hybridized carbons (Fsp3) is 0.625. The van der Waals surface area contributed by atoms with E-state index in [9.17, 15) is 5.11 Å². The molecule has 0 amide bonds. The van der Waals surface area contributed by atoms with Crippen molar-refractivity contribution in [1.29, 1.82) is 0 Å². The number of aliphatic hydroxyl groups is 1. The molecule has 1 aliphatic heterocycles. The Morgan fingerprint density at radius 2 is 2.05 bits per heavy atom. The van der Waals surface area contributed by atoms with E-state index in [1.54, 1.807) is 6.92 Å². The number of halogens is 1. The SMILES string of the molecule is CCC1(CC)CCN(c2ccc([C@@H](C)O)cc2Br)C1. The quantitative estimate of drug-likeness (QED) is 0.879. The first-order chi connectivity index (χ1) is 9.01. The molecule has 1 atom stereocenters. The number of benzene rings is 1. The molecule has 1 N–H and O–H groups in total. The van der Waals surface area contributed by atoms with Crippen LogP contribution in [0.3, 0.4) is 0 Å². The molecular formula is C16H24BrNO. The summed E-state index contributed by atoms with van der Waals surface area (Å²) in [5.41, 5.74) is 2.71. The number of aliphatic hydroxyl groups excluding tert-OH is 1. The van der Waals surface area contributed by atoms with Gasteiger partial charge in [0.05, 0.1) is 11.8 Å². The molecule has 0 radical (unpaired) electrons. The second-order valence-electron chi connectivity index (χ2n) is 5.77. The summed E-state index contributed by atoms with van der Waals surface area (Å²) in [5.74, 6) is 0. The van der Waals surface area contributed by atoms with E-state index in [2.05, 4.69) is 40.7 Å². The first-order valence-corrected chi connectivity index (χ1v) is 8.03. The van der Waals surface area contributed by atoms with Gasteiger partial charge >= 0.3 is 0 Å². The van der Waals surface area contributed by atoms with Crippen molar-refractivity contribution in [3.8, 4) is 0 Å². The lowest BCUT2D eigenvalue weighted by Crippen LogP contribution is -2.26. The van der Waals surface area contributed by atoms with Crippen LogP contribution in [0.2, 0.25) is 0 Å². The molecule has 0 bridgehead atoms. The average Bonchev–Trinajstić information content (AvgIpc) is 2.83. The topological polar surface area (TPSA) is 23.5 Å². The number of hydrogen-bond donors (Lipinski definition) is 1. The minimum absolute atomic E-state index is 0.408. The van der Waals surface area contributed by atoms with Crippen LogP contribution in [0.5, 0.6) is 0 Å². The number of nitrogens with zero attached hydrogens (tertiary/aromatic N) is 1. The van der Waals surface area contributed by atoms with Gasteiger partial charge in [0.1, 0.15) is 0 Å². The van der Waals surface area contributed by atoms with Crippen LogP contribution in [0.1, 0.15) is 51.7 Å². The molecule has 0 unspecified atom stereocenters. The van der Waals surface area contributed by atoms with Gasteiger partial charge in [-0.15, -0.1) is 0 Å². The van der Waals surface area contributed by atoms with Gasteiger partial charge < -0.3 is 10.0 Å². The normalized spacial score (nSPS) is 19.7. The summed E-state index contributed by atoms with van der Waals surface area (Å²) >= 11 is 3.65. The lowest BCUT2D eigenvalue weighted by Gasteiger charge is -2.28. The van der Waals surface area contributed by atoms with E-state index in [0.717, 1.165) is 23.1 Å². The summed E-state index contributed by atoms with van der Waals surface area (Å²) in [6.07, 6.45) is 3.38. The minimum Gasteiger partial charge on any atom is -0.389 e. The molecule has 3 heteroatoms. The number of anilines is 1. The first-order valence-electron chi connectivity index (χ1n) is 7.24. The molecule has 2 rings (SSSR count). The summed E-state index contributed by atoms with van der Waals surface area (Å²) in [5, 5.41) is 9.63. The average molecular weight is 326 g/mol. The highest BCUT2D eigenvalue weighted by Crippen LogP contribution is 2.41. The second kappa shape index (κ2) is 5.84. The Balaban J connectivity index is 2.20. The van der Waals surface area contributed by atoms with Crippen LogP contribution in [0.4, 0.5) is 5.69 Å². The maximum Gasteiger partial charge on any atom is 0.0762 e. The molecule has 1 saturated heterocycles. The van der Waals surface area contributed by atoms with Crippen LogP contribution >= 0.6 is 15.9 Å². The predicted molar refractivity (Wildman–Crippen MR) is 84.6 cm³/mol. The summed E-state index contributed by atoms with van der Waals surface area (Å²) in [6, 6.07) is 6.20. The van der Waals surface area contributed by atoms with Crippen molar-refractivity contribution < 1.29 is 5.11 Å².